The van der Waals surface area contributed by atoms with Crippen molar-refractivity contribution < 1.29 is 10.0 Å². The van der Waals surface area contributed by atoms with Gasteiger partial charge in [-0.1, -0.05) is 19.3 Å². The van der Waals surface area contributed by atoms with Crippen molar-refractivity contribution in [2.24, 2.45) is 0 Å². The van der Waals surface area contributed by atoms with E-state index in [9.17, 15) is 15.2 Å². The highest BCUT2D eigenvalue weighted by Crippen LogP contribution is 2.44. The van der Waals surface area contributed by atoms with Crippen LogP contribution >= 0.6 is 23.1 Å². The van der Waals surface area contributed by atoms with Crippen molar-refractivity contribution in [2.45, 2.75) is 54.6 Å². The Balaban J connectivity index is 2.16. The lowest BCUT2D eigenvalue weighted by Crippen LogP contribution is -2.07. The summed E-state index contributed by atoms with van der Waals surface area (Å²) in [4.78, 5) is 11.4. The Kier molecular flexibility index (Phi) is 4.64. The Morgan fingerprint density at radius 2 is 2.17 bits per heavy atom. The third-order valence-electron chi connectivity index (χ3n) is 3.13. The molecule has 1 saturated carbocycles. The van der Waals surface area contributed by atoms with Crippen LogP contribution in [0.25, 0.3) is 0 Å². The predicted octanol–water partition coefficient (Wildman–Crippen LogP) is 4.13. The molecule has 4 nitrogen and oxygen atoms in total. The number of aliphatic hydroxyl groups is 1. The van der Waals surface area contributed by atoms with Crippen molar-refractivity contribution in [3.05, 3.63) is 21.1 Å². The molecule has 100 valence electrons. The molecule has 0 saturated heterocycles. The van der Waals surface area contributed by atoms with Gasteiger partial charge < -0.3 is 5.11 Å². The first kappa shape index (κ1) is 13.8. The van der Waals surface area contributed by atoms with Gasteiger partial charge in [0.15, 0.2) is 0 Å². The van der Waals surface area contributed by atoms with Crippen LogP contribution in [0.2, 0.25) is 0 Å². The van der Waals surface area contributed by atoms with Crippen molar-refractivity contribution in [2.75, 3.05) is 0 Å². The Hall–Kier alpha value is -0.590. The summed E-state index contributed by atoms with van der Waals surface area (Å²) in [6.07, 6.45) is 5.38. The second-order valence-corrected chi connectivity index (χ2v) is 7.29. The average molecular weight is 287 g/mol. The molecule has 1 aromatic rings. The fourth-order valence-corrected chi connectivity index (χ4v) is 4.94. The van der Waals surface area contributed by atoms with Gasteiger partial charge >= 0.3 is 0 Å². The minimum atomic E-state index is -0.630. The van der Waals surface area contributed by atoms with Gasteiger partial charge in [-0.3, -0.25) is 10.1 Å². The number of hydrogen-bond donors (Lipinski definition) is 1. The number of nitrogens with zero attached hydrogens (tertiary/aromatic N) is 1. The Bertz CT molecular complexity index is 425. The maximum absolute atomic E-state index is 11.0. The fraction of sp³-hybridized carbons (Fsp3) is 0.667. The molecular weight excluding hydrogens is 270 g/mol. The van der Waals surface area contributed by atoms with Crippen molar-refractivity contribution in [3.8, 4) is 0 Å². The molecule has 2 rings (SSSR count). The molecule has 0 bridgehead atoms. The zero-order valence-corrected chi connectivity index (χ0v) is 11.9. The molecule has 0 spiro atoms. The first-order valence-electron chi connectivity index (χ1n) is 6.20. The zero-order chi connectivity index (χ0) is 13.1. The van der Waals surface area contributed by atoms with Crippen LogP contribution in [-0.4, -0.2) is 15.3 Å². The Labute approximate surface area is 115 Å². The van der Waals surface area contributed by atoms with Gasteiger partial charge in [-0.2, -0.15) is 0 Å². The Morgan fingerprint density at radius 3 is 2.72 bits per heavy atom. The largest absolute Gasteiger partial charge is 0.388 e. The molecule has 0 aromatic carbocycles. The van der Waals surface area contributed by atoms with E-state index in [1.807, 2.05) is 0 Å². The van der Waals surface area contributed by atoms with E-state index in [4.69, 9.17) is 0 Å². The van der Waals surface area contributed by atoms with Gasteiger partial charge in [-0.25, -0.2) is 0 Å². The average Bonchev–Trinajstić information content (AvgIpc) is 2.74. The van der Waals surface area contributed by atoms with Crippen LogP contribution in [0.3, 0.4) is 0 Å². The van der Waals surface area contributed by atoms with Crippen molar-refractivity contribution >= 4 is 28.8 Å². The van der Waals surface area contributed by atoms with E-state index in [1.54, 1.807) is 18.7 Å². The maximum Gasteiger partial charge on any atom is 0.294 e. The second-order valence-electron chi connectivity index (χ2n) is 4.63. The van der Waals surface area contributed by atoms with Crippen LogP contribution in [0.15, 0.2) is 10.3 Å². The molecule has 0 radical (unpaired) electrons. The maximum atomic E-state index is 11.0. The standard InChI is InChI=1S/C12H17NO3S2/c1-8(14)11-7-10(13(15)16)12(18-11)17-9-5-3-2-4-6-9/h7-9,14H,2-6H2,1H3/t8-/m1/s1. The number of hydrogen-bond acceptors (Lipinski definition) is 5. The van der Waals surface area contributed by atoms with Crippen LogP contribution in [0.5, 0.6) is 0 Å². The third kappa shape index (κ3) is 3.24. The molecular formula is C12H17NO3S2. The summed E-state index contributed by atoms with van der Waals surface area (Å²) in [5.74, 6) is 0. The topological polar surface area (TPSA) is 63.4 Å². The van der Waals surface area contributed by atoms with E-state index >= 15 is 0 Å². The quantitative estimate of drug-likeness (QED) is 0.668. The van der Waals surface area contributed by atoms with Gasteiger partial charge in [-0.05, 0) is 19.8 Å². The van der Waals surface area contributed by atoms with Crippen LogP contribution < -0.4 is 0 Å². The van der Waals surface area contributed by atoms with Crippen molar-refractivity contribution in [3.63, 3.8) is 0 Å². The molecule has 1 fully saturated rings. The van der Waals surface area contributed by atoms with Crippen LogP contribution in [-0.2, 0) is 0 Å². The van der Waals surface area contributed by atoms with Crippen LogP contribution in [0.1, 0.15) is 50.0 Å². The molecule has 1 heterocycles. The van der Waals surface area contributed by atoms with Gasteiger partial charge in [0.25, 0.3) is 5.69 Å². The molecule has 1 aliphatic carbocycles. The molecule has 1 aliphatic rings. The summed E-state index contributed by atoms with van der Waals surface area (Å²) >= 11 is 2.98. The summed E-state index contributed by atoms with van der Waals surface area (Å²) in [7, 11) is 0. The molecule has 1 N–H and O–H groups in total. The first-order valence-corrected chi connectivity index (χ1v) is 7.90. The Morgan fingerprint density at radius 1 is 1.50 bits per heavy atom. The van der Waals surface area contributed by atoms with Crippen LogP contribution in [0.4, 0.5) is 5.69 Å². The van der Waals surface area contributed by atoms with Crippen LogP contribution in [0, 0.1) is 10.1 Å². The van der Waals surface area contributed by atoms with Gasteiger partial charge in [0.1, 0.15) is 4.21 Å². The molecule has 0 unspecified atom stereocenters. The van der Waals surface area contributed by atoms with Gasteiger partial charge in [0.2, 0.25) is 0 Å². The predicted molar refractivity (Wildman–Crippen MR) is 74.3 cm³/mol. The van der Waals surface area contributed by atoms with E-state index in [2.05, 4.69) is 0 Å². The first-order chi connectivity index (χ1) is 8.58. The summed E-state index contributed by atoms with van der Waals surface area (Å²) in [5.41, 5.74) is 0.159. The molecule has 0 amide bonds. The highest BCUT2D eigenvalue weighted by atomic mass is 32.2. The number of thiophene rings is 1. The summed E-state index contributed by atoms with van der Waals surface area (Å²) in [6, 6.07) is 1.51. The molecule has 1 aromatic heterocycles. The minimum Gasteiger partial charge on any atom is -0.388 e. The number of rotatable bonds is 4. The van der Waals surface area contributed by atoms with Gasteiger partial charge in [-0.15, -0.1) is 23.1 Å². The monoisotopic (exact) mass is 287 g/mol. The third-order valence-corrected chi connectivity index (χ3v) is 5.99. The van der Waals surface area contributed by atoms with E-state index in [0.29, 0.717) is 10.1 Å². The SMILES string of the molecule is C[C@@H](O)c1cc([N+](=O)[O-])c(SC2CCCCC2)s1. The van der Waals surface area contributed by atoms with E-state index in [0.717, 1.165) is 17.1 Å². The lowest BCUT2D eigenvalue weighted by atomic mass is 10.0. The van der Waals surface area contributed by atoms with Gasteiger partial charge in [0, 0.05) is 16.2 Å². The highest BCUT2D eigenvalue weighted by Gasteiger charge is 2.25. The molecule has 18 heavy (non-hydrogen) atoms. The number of nitro groups is 1. The normalized spacial score (nSPS) is 18.8. The molecule has 0 aliphatic heterocycles. The smallest absolute Gasteiger partial charge is 0.294 e. The fourth-order valence-electron chi connectivity index (χ4n) is 2.13. The highest BCUT2D eigenvalue weighted by molar-refractivity contribution is 8.01. The van der Waals surface area contributed by atoms with E-state index in [-0.39, 0.29) is 10.6 Å². The number of aliphatic hydroxyl groups excluding tert-OH is 1. The van der Waals surface area contributed by atoms with Gasteiger partial charge in [0.05, 0.1) is 11.0 Å². The lowest BCUT2D eigenvalue weighted by molar-refractivity contribution is -0.387. The summed E-state index contributed by atoms with van der Waals surface area (Å²) in [6.45, 7) is 1.64. The summed E-state index contributed by atoms with van der Waals surface area (Å²) in [5, 5.41) is 21.0. The van der Waals surface area contributed by atoms with Crippen molar-refractivity contribution in [1.29, 1.82) is 0 Å². The van der Waals surface area contributed by atoms with E-state index in [1.165, 1.54) is 36.7 Å². The summed E-state index contributed by atoms with van der Waals surface area (Å²) < 4.78 is 0.753. The second kappa shape index (κ2) is 6.04. The van der Waals surface area contributed by atoms with E-state index < -0.39 is 6.10 Å². The van der Waals surface area contributed by atoms with Crippen molar-refractivity contribution in [1.82, 2.24) is 0 Å². The lowest BCUT2D eigenvalue weighted by Gasteiger charge is -2.19. The molecule has 1 atom stereocenters. The number of thioether (sulfide) groups is 1. The zero-order valence-electron chi connectivity index (χ0n) is 10.3. The minimum absolute atomic E-state index is 0.159. The molecule has 6 heteroatoms.